The minimum Gasteiger partial charge on any atom is -0.482 e. The molecular formula is C24H24N2O4S. The van der Waals surface area contributed by atoms with Crippen LogP contribution in [0, 0.1) is 0 Å². The zero-order valence-corrected chi connectivity index (χ0v) is 18.2. The first kappa shape index (κ1) is 21.1. The predicted molar refractivity (Wildman–Crippen MR) is 120 cm³/mol. The number of anilines is 1. The molecular weight excluding hydrogens is 412 g/mol. The van der Waals surface area contributed by atoms with E-state index in [9.17, 15) is 9.59 Å². The second kappa shape index (κ2) is 9.75. The first-order chi connectivity index (χ1) is 15.1. The zero-order chi connectivity index (χ0) is 21.6. The lowest BCUT2D eigenvalue weighted by Crippen LogP contribution is -2.42. The van der Waals surface area contributed by atoms with Crippen LogP contribution in [-0.2, 0) is 27.2 Å². The molecule has 0 saturated carbocycles. The first-order valence-corrected chi connectivity index (χ1v) is 11.2. The van der Waals surface area contributed by atoms with Crippen molar-refractivity contribution in [2.24, 2.45) is 0 Å². The molecule has 0 aliphatic carbocycles. The van der Waals surface area contributed by atoms with Crippen molar-refractivity contribution in [3.8, 4) is 17.0 Å². The third-order valence-electron chi connectivity index (χ3n) is 5.00. The summed E-state index contributed by atoms with van der Waals surface area (Å²) in [6.07, 6.45) is 2.62. The Morgan fingerprint density at radius 1 is 1.19 bits per heavy atom. The molecule has 0 N–H and O–H groups in total. The summed E-state index contributed by atoms with van der Waals surface area (Å²) in [7, 11) is 0. The molecule has 2 heterocycles. The Labute approximate surface area is 185 Å². The fourth-order valence-corrected chi connectivity index (χ4v) is 4.32. The van der Waals surface area contributed by atoms with Crippen LogP contribution in [0.5, 0.6) is 5.75 Å². The largest absolute Gasteiger partial charge is 0.482 e. The molecule has 0 fully saturated rings. The lowest BCUT2D eigenvalue weighted by molar-refractivity contribution is -0.143. The van der Waals surface area contributed by atoms with Gasteiger partial charge in [0.15, 0.2) is 6.61 Å². The van der Waals surface area contributed by atoms with Crippen LogP contribution in [0.2, 0.25) is 0 Å². The van der Waals surface area contributed by atoms with Gasteiger partial charge in [-0.15, -0.1) is 11.3 Å². The Balaban J connectivity index is 1.46. The fourth-order valence-electron chi connectivity index (χ4n) is 3.41. The average molecular weight is 437 g/mol. The Morgan fingerprint density at radius 3 is 2.84 bits per heavy atom. The van der Waals surface area contributed by atoms with Crippen LogP contribution < -0.4 is 9.64 Å². The number of amides is 1. The van der Waals surface area contributed by atoms with E-state index in [1.165, 1.54) is 4.90 Å². The number of ether oxygens (including phenoxy) is 2. The maximum absolute atomic E-state index is 12.5. The van der Waals surface area contributed by atoms with Crippen molar-refractivity contribution in [1.29, 1.82) is 0 Å². The minimum atomic E-state index is -0.443. The minimum absolute atomic E-state index is 0.0962. The molecule has 7 heteroatoms. The molecule has 1 aliphatic rings. The average Bonchev–Trinajstić information content (AvgIpc) is 3.25. The van der Waals surface area contributed by atoms with Crippen molar-refractivity contribution in [3.05, 3.63) is 64.5 Å². The SMILES string of the molecule is CCCc1nc(-c2ccc3c(c2)N(CC(=O)OCCc2ccccc2)C(=O)CO3)cs1. The van der Waals surface area contributed by atoms with Crippen molar-refractivity contribution in [2.75, 3.05) is 24.7 Å². The van der Waals surface area contributed by atoms with Crippen molar-refractivity contribution in [3.63, 3.8) is 0 Å². The van der Waals surface area contributed by atoms with E-state index >= 15 is 0 Å². The van der Waals surface area contributed by atoms with Gasteiger partial charge in [0.25, 0.3) is 5.91 Å². The second-order valence-corrected chi connectivity index (χ2v) is 8.23. The van der Waals surface area contributed by atoms with Crippen LogP contribution in [0.3, 0.4) is 0 Å². The van der Waals surface area contributed by atoms with E-state index in [2.05, 4.69) is 11.9 Å². The highest BCUT2D eigenvalue weighted by Gasteiger charge is 2.28. The molecule has 0 atom stereocenters. The summed E-state index contributed by atoms with van der Waals surface area (Å²) >= 11 is 1.63. The van der Waals surface area contributed by atoms with Gasteiger partial charge in [0.1, 0.15) is 12.3 Å². The van der Waals surface area contributed by atoms with Crippen LogP contribution in [0.4, 0.5) is 5.69 Å². The van der Waals surface area contributed by atoms with E-state index in [1.807, 2.05) is 53.9 Å². The predicted octanol–water partition coefficient (Wildman–Crippen LogP) is 4.27. The molecule has 0 radical (unpaired) electrons. The summed E-state index contributed by atoms with van der Waals surface area (Å²) in [5.41, 5.74) is 3.41. The standard InChI is InChI=1S/C24H24N2O4S/c1-2-6-22-25-19(16-31-22)18-9-10-21-20(13-18)26(23(27)15-30-21)14-24(28)29-12-11-17-7-4-3-5-8-17/h3-5,7-10,13,16H,2,6,11-12,14-15H2,1H3. The molecule has 0 unspecified atom stereocenters. The van der Waals surface area contributed by atoms with E-state index in [1.54, 1.807) is 11.3 Å². The lowest BCUT2D eigenvalue weighted by Gasteiger charge is -2.29. The Morgan fingerprint density at radius 2 is 2.03 bits per heavy atom. The molecule has 0 bridgehead atoms. The highest BCUT2D eigenvalue weighted by Crippen LogP contribution is 2.36. The van der Waals surface area contributed by atoms with Crippen molar-refractivity contribution < 1.29 is 19.1 Å². The van der Waals surface area contributed by atoms with Gasteiger partial charge in [-0.3, -0.25) is 14.5 Å². The number of aryl methyl sites for hydroxylation is 1. The Kier molecular flexibility index (Phi) is 6.62. The normalized spacial score (nSPS) is 12.9. The fraction of sp³-hybridized carbons (Fsp3) is 0.292. The summed E-state index contributed by atoms with van der Waals surface area (Å²) in [5.74, 6) is -0.138. The van der Waals surface area contributed by atoms with Gasteiger partial charge in [0.05, 0.1) is 23.0 Å². The van der Waals surface area contributed by atoms with Gasteiger partial charge in [-0.25, -0.2) is 4.98 Å². The number of esters is 1. The third kappa shape index (κ3) is 5.11. The molecule has 3 aromatic rings. The van der Waals surface area contributed by atoms with Gasteiger partial charge < -0.3 is 9.47 Å². The van der Waals surface area contributed by atoms with Crippen LogP contribution in [0.1, 0.15) is 23.9 Å². The number of thiazole rings is 1. The van der Waals surface area contributed by atoms with Gasteiger partial charge in [-0.05, 0) is 36.6 Å². The lowest BCUT2D eigenvalue weighted by atomic mass is 10.1. The summed E-state index contributed by atoms with van der Waals surface area (Å²) in [6, 6.07) is 15.4. The number of benzene rings is 2. The van der Waals surface area contributed by atoms with Gasteiger partial charge in [0, 0.05) is 17.4 Å². The second-order valence-electron chi connectivity index (χ2n) is 7.28. The highest BCUT2D eigenvalue weighted by atomic mass is 32.1. The van der Waals surface area contributed by atoms with Crippen LogP contribution in [0.25, 0.3) is 11.3 Å². The summed E-state index contributed by atoms with van der Waals surface area (Å²) < 4.78 is 10.9. The molecule has 4 rings (SSSR count). The molecule has 1 aromatic heterocycles. The monoisotopic (exact) mass is 436 g/mol. The maximum Gasteiger partial charge on any atom is 0.326 e. The van der Waals surface area contributed by atoms with E-state index < -0.39 is 5.97 Å². The number of carbonyl (C=O) groups excluding carboxylic acids is 2. The van der Waals surface area contributed by atoms with E-state index in [-0.39, 0.29) is 25.7 Å². The van der Waals surface area contributed by atoms with Crippen molar-refractivity contribution in [2.45, 2.75) is 26.2 Å². The smallest absolute Gasteiger partial charge is 0.326 e. The highest BCUT2D eigenvalue weighted by molar-refractivity contribution is 7.09. The van der Waals surface area contributed by atoms with E-state index in [0.717, 1.165) is 34.7 Å². The maximum atomic E-state index is 12.5. The molecule has 160 valence electrons. The number of hydrogen-bond donors (Lipinski definition) is 0. The molecule has 1 aliphatic heterocycles. The number of hydrogen-bond acceptors (Lipinski definition) is 6. The first-order valence-electron chi connectivity index (χ1n) is 10.4. The quantitative estimate of drug-likeness (QED) is 0.493. The van der Waals surface area contributed by atoms with Crippen molar-refractivity contribution in [1.82, 2.24) is 4.98 Å². The number of aromatic nitrogens is 1. The van der Waals surface area contributed by atoms with E-state index in [4.69, 9.17) is 9.47 Å². The molecule has 0 saturated heterocycles. The van der Waals surface area contributed by atoms with Crippen LogP contribution in [-0.4, -0.2) is 36.6 Å². The topological polar surface area (TPSA) is 68.7 Å². The Hall–Kier alpha value is -3.19. The van der Waals surface area contributed by atoms with Gasteiger partial charge >= 0.3 is 5.97 Å². The Bertz CT molecular complexity index is 1060. The molecule has 0 spiro atoms. The van der Waals surface area contributed by atoms with Crippen LogP contribution >= 0.6 is 11.3 Å². The molecule has 31 heavy (non-hydrogen) atoms. The van der Waals surface area contributed by atoms with Gasteiger partial charge in [0.2, 0.25) is 0 Å². The van der Waals surface area contributed by atoms with E-state index in [0.29, 0.717) is 17.9 Å². The number of rotatable bonds is 8. The molecule has 2 aromatic carbocycles. The summed E-state index contributed by atoms with van der Waals surface area (Å²) in [6.45, 7) is 2.15. The number of fused-ring (bicyclic) bond motifs is 1. The molecule has 6 nitrogen and oxygen atoms in total. The summed E-state index contributed by atoms with van der Waals surface area (Å²) in [5, 5.41) is 3.10. The molecule has 1 amide bonds. The van der Waals surface area contributed by atoms with Gasteiger partial charge in [-0.2, -0.15) is 0 Å². The number of nitrogens with zero attached hydrogens (tertiary/aromatic N) is 2. The summed E-state index contributed by atoms with van der Waals surface area (Å²) in [4.78, 5) is 31.0. The number of carbonyl (C=O) groups is 2. The zero-order valence-electron chi connectivity index (χ0n) is 17.4. The van der Waals surface area contributed by atoms with Gasteiger partial charge in [-0.1, -0.05) is 37.3 Å². The van der Waals surface area contributed by atoms with Crippen LogP contribution in [0.15, 0.2) is 53.9 Å². The third-order valence-corrected chi connectivity index (χ3v) is 5.91. The van der Waals surface area contributed by atoms with Crippen molar-refractivity contribution >= 4 is 28.9 Å².